The van der Waals surface area contributed by atoms with E-state index in [4.69, 9.17) is 5.11 Å². The Morgan fingerprint density at radius 1 is 1.38 bits per heavy atom. The van der Waals surface area contributed by atoms with E-state index in [2.05, 4.69) is 30.2 Å². The second kappa shape index (κ2) is 7.36. The molecule has 0 aliphatic heterocycles. The summed E-state index contributed by atoms with van der Waals surface area (Å²) in [6, 6.07) is 6.63. The van der Waals surface area contributed by atoms with Gasteiger partial charge in [-0.05, 0) is 31.9 Å². The Hall–Kier alpha value is -0.930. The molecule has 2 N–H and O–H groups in total. The Morgan fingerprint density at radius 2 is 2.19 bits per heavy atom. The molecular weight excluding hydrogens is 200 g/mol. The lowest BCUT2D eigenvalue weighted by molar-refractivity contribution is 0.261. The molecule has 0 fully saturated rings. The summed E-state index contributed by atoms with van der Waals surface area (Å²) in [6.07, 6.45) is 4.82. The Morgan fingerprint density at radius 3 is 2.75 bits per heavy atom. The van der Waals surface area contributed by atoms with Gasteiger partial charge in [-0.2, -0.15) is 0 Å². The van der Waals surface area contributed by atoms with Gasteiger partial charge in [0.05, 0.1) is 5.69 Å². The number of rotatable bonds is 7. The second-order valence-electron chi connectivity index (χ2n) is 4.18. The molecule has 1 heterocycles. The Balaban J connectivity index is 2.60. The van der Waals surface area contributed by atoms with Crippen LogP contribution in [0.15, 0.2) is 24.4 Å². The van der Waals surface area contributed by atoms with Crippen LogP contribution in [0.5, 0.6) is 0 Å². The van der Waals surface area contributed by atoms with Crippen LogP contribution < -0.4 is 5.32 Å². The average molecular weight is 222 g/mol. The monoisotopic (exact) mass is 222 g/mol. The summed E-state index contributed by atoms with van der Waals surface area (Å²) < 4.78 is 0. The molecule has 0 radical (unpaired) electrons. The Labute approximate surface area is 97.9 Å². The quantitative estimate of drug-likeness (QED) is 0.744. The molecular formula is C13H22N2O. The van der Waals surface area contributed by atoms with Gasteiger partial charge < -0.3 is 10.4 Å². The first-order valence-corrected chi connectivity index (χ1v) is 6.05. The second-order valence-corrected chi connectivity index (χ2v) is 4.18. The van der Waals surface area contributed by atoms with Crippen LogP contribution in [-0.2, 0) is 0 Å². The summed E-state index contributed by atoms with van der Waals surface area (Å²) >= 11 is 0. The molecule has 0 bridgehead atoms. The van der Waals surface area contributed by atoms with Crippen LogP contribution >= 0.6 is 0 Å². The topological polar surface area (TPSA) is 45.1 Å². The van der Waals surface area contributed by atoms with Crippen molar-refractivity contribution >= 4 is 0 Å². The smallest absolute Gasteiger partial charge is 0.0573 e. The predicted molar refractivity (Wildman–Crippen MR) is 66.2 cm³/mol. The Kier molecular flexibility index (Phi) is 6.04. The number of pyridine rings is 1. The van der Waals surface area contributed by atoms with E-state index in [1.165, 1.54) is 0 Å². The minimum Gasteiger partial charge on any atom is -0.396 e. The maximum absolute atomic E-state index is 8.89. The van der Waals surface area contributed by atoms with Crippen molar-refractivity contribution in [3.63, 3.8) is 0 Å². The molecule has 90 valence electrons. The van der Waals surface area contributed by atoms with Gasteiger partial charge in [0.2, 0.25) is 0 Å². The van der Waals surface area contributed by atoms with Crippen LogP contribution in [0.3, 0.4) is 0 Å². The molecule has 0 aliphatic rings. The van der Waals surface area contributed by atoms with Crippen LogP contribution in [0.2, 0.25) is 0 Å². The van der Waals surface area contributed by atoms with Gasteiger partial charge in [0.15, 0.2) is 0 Å². The SMILES string of the molecule is CCCC(NC(C)CCO)c1ccccn1. The van der Waals surface area contributed by atoms with E-state index >= 15 is 0 Å². The average Bonchev–Trinajstić information content (AvgIpc) is 2.30. The highest BCUT2D eigenvalue weighted by atomic mass is 16.3. The van der Waals surface area contributed by atoms with Crippen LogP contribution in [0.4, 0.5) is 0 Å². The number of aromatic nitrogens is 1. The highest BCUT2D eigenvalue weighted by Gasteiger charge is 2.13. The van der Waals surface area contributed by atoms with Crippen LogP contribution in [-0.4, -0.2) is 22.7 Å². The third-order valence-electron chi connectivity index (χ3n) is 2.67. The third kappa shape index (κ3) is 4.29. The van der Waals surface area contributed by atoms with Crippen molar-refractivity contribution in [1.29, 1.82) is 0 Å². The number of aliphatic hydroxyl groups excluding tert-OH is 1. The van der Waals surface area contributed by atoms with Crippen LogP contribution in [0.1, 0.15) is 44.8 Å². The fraction of sp³-hybridized carbons (Fsp3) is 0.615. The highest BCUT2D eigenvalue weighted by Crippen LogP contribution is 2.16. The molecule has 0 saturated heterocycles. The van der Waals surface area contributed by atoms with Crippen molar-refractivity contribution in [2.45, 2.75) is 45.2 Å². The first-order valence-electron chi connectivity index (χ1n) is 6.05. The fourth-order valence-corrected chi connectivity index (χ4v) is 1.81. The molecule has 2 unspecified atom stereocenters. The van der Waals surface area contributed by atoms with Crippen molar-refractivity contribution < 1.29 is 5.11 Å². The minimum absolute atomic E-state index is 0.231. The molecule has 1 rings (SSSR count). The largest absolute Gasteiger partial charge is 0.396 e. The van der Waals surface area contributed by atoms with E-state index in [1.807, 2.05) is 18.3 Å². The zero-order valence-corrected chi connectivity index (χ0v) is 10.2. The molecule has 0 aromatic carbocycles. The predicted octanol–water partition coefficient (Wildman–Crippen LogP) is 2.28. The standard InChI is InChI=1S/C13H22N2O/c1-3-6-13(15-11(2)8-10-16)12-7-4-5-9-14-12/h4-5,7,9,11,13,15-16H,3,6,8,10H2,1-2H3. The van der Waals surface area contributed by atoms with E-state index < -0.39 is 0 Å². The number of hydrogen-bond donors (Lipinski definition) is 2. The number of nitrogens with one attached hydrogen (secondary N) is 1. The maximum atomic E-state index is 8.89. The summed E-state index contributed by atoms with van der Waals surface area (Å²) in [5, 5.41) is 12.4. The summed E-state index contributed by atoms with van der Waals surface area (Å²) in [7, 11) is 0. The van der Waals surface area contributed by atoms with Crippen molar-refractivity contribution in [2.24, 2.45) is 0 Å². The van der Waals surface area contributed by atoms with Gasteiger partial charge in [0.1, 0.15) is 0 Å². The molecule has 2 atom stereocenters. The van der Waals surface area contributed by atoms with Gasteiger partial charge in [-0.1, -0.05) is 19.4 Å². The summed E-state index contributed by atoms with van der Waals surface area (Å²) in [6.45, 7) is 4.51. The number of nitrogens with zero attached hydrogens (tertiary/aromatic N) is 1. The summed E-state index contributed by atoms with van der Waals surface area (Å²) in [4.78, 5) is 4.39. The Bertz CT molecular complexity index is 277. The van der Waals surface area contributed by atoms with Gasteiger partial charge in [0, 0.05) is 24.9 Å². The number of hydrogen-bond acceptors (Lipinski definition) is 3. The number of aliphatic hydroxyl groups is 1. The first-order chi connectivity index (χ1) is 7.77. The molecule has 0 spiro atoms. The van der Waals surface area contributed by atoms with Crippen molar-refractivity contribution in [3.05, 3.63) is 30.1 Å². The molecule has 0 saturated carbocycles. The lowest BCUT2D eigenvalue weighted by Gasteiger charge is -2.22. The van der Waals surface area contributed by atoms with Crippen LogP contribution in [0.25, 0.3) is 0 Å². The first kappa shape index (κ1) is 13.1. The highest BCUT2D eigenvalue weighted by molar-refractivity contribution is 5.08. The molecule has 1 aromatic heterocycles. The van der Waals surface area contributed by atoms with E-state index in [0.29, 0.717) is 12.1 Å². The third-order valence-corrected chi connectivity index (χ3v) is 2.67. The molecule has 3 heteroatoms. The fourth-order valence-electron chi connectivity index (χ4n) is 1.81. The normalized spacial score (nSPS) is 14.7. The molecule has 0 aliphatic carbocycles. The molecule has 3 nitrogen and oxygen atoms in total. The zero-order valence-electron chi connectivity index (χ0n) is 10.2. The van der Waals surface area contributed by atoms with Gasteiger partial charge in [-0.25, -0.2) is 0 Å². The molecule has 16 heavy (non-hydrogen) atoms. The van der Waals surface area contributed by atoms with E-state index in [1.54, 1.807) is 0 Å². The van der Waals surface area contributed by atoms with Crippen molar-refractivity contribution in [3.8, 4) is 0 Å². The van der Waals surface area contributed by atoms with Crippen molar-refractivity contribution in [1.82, 2.24) is 10.3 Å². The lowest BCUT2D eigenvalue weighted by Crippen LogP contribution is -2.31. The molecule has 1 aromatic rings. The lowest BCUT2D eigenvalue weighted by atomic mass is 10.1. The summed E-state index contributed by atoms with van der Waals surface area (Å²) in [5.74, 6) is 0. The maximum Gasteiger partial charge on any atom is 0.0573 e. The van der Waals surface area contributed by atoms with E-state index in [9.17, 15) is 0 Å². The van der Waals surface area contributed by atoms with E-state index in [-0.39, 0.29) is 6.61 Å². The van der Waals surface area contributed by atoms with E-state index in [0.717, 1.165) is 25.0 Å². The summed E-state index contributed by atoms with van der Waals surface area (Å²) in [5.41, 5.74) is 1.09. The van der Waals surface area contributed by atoms with Gasteiger partial charge in [-0.3, -0.25) is 4.98 Å². The molecule has 0 amide bonds. The zero-order chi connectivity index (χ0) is 11.8. The van der Waals surface area contributed by atoms with Crippen molar-refractivity contribution in [2.75, 3.05) is 6.61 Å². The van der Waals surface area contributed by atoms with Crippen LogP contribution in [0, 0.1) is 0 Å². The van der Waals surface area contributed by atoms with Gasteiger partial charge in [0.25, 0.3) is 0 Å². The van der Waals surface area contributed by atoms with Gasteiger partial charge >= 0.3 is 0 Å². The minimum atomic E-state index is 0.231. The van der Waals surface area contributed by atoms with Gasteiger partial charge in [-0.15, -0.1) is 0 Å².